The lowest BCUT2D eigenvalue weighted by molar-refractivity contribution is -0.137. The van der Waals surface area contributed by atoms with Gasteiger partial charge in [0.2, 0.25) is 0 Å². The maximum Gasteiger partial charge on any atom is 0.304 e. The largest absolute Gasteiger partial charge is 0.481 e. The maximum absolute atomic E-state index is 10.2. The molecule has 0 aliphatic heterocycles. The van der Waals surface area contributed by atoms with Crippen LogP contribution in [0.2, 0.25) is 0 Å². The summed E-state index contributed by atoms with van der Waals surface area (Å²) in [5, 5.41) is 8.37. The van der Waals surface area contributed by atoms with Crippen LogP contribution in [0.1, 0.15) is 20.3 Å². The first-order chi connectivity index (χ1) is 4.57. The highest BCUT2D eigenvalue weighted by Gasteiger charge is 2.14. The number of hydrogen-bond donors (Lipinski definition) is 2. The molecular weight excluding hydrogens is 154 g/mol. The number of nitrogens with one attached hydrogen (secondary N) is 1. The van der Waals surface area contributed by atoms with Crippen molar-refractivity contribution < 1.29 is 9.90 Å². The fourth-order valence-electron chi connectivity index (χ4n) is 0.588. The molecule has 0 aliphatic rings. The topological polar surface area (TPSA) is 49.3 Å². The van der Waals surface area contributed by atoms with Crippen molar-refractivity contribution >= 4 is 17.7 Å². The summed E-state index contributed by atoms with van der Waals surface area (Å²) in [6.45, 7) is 3.84. The van der Waals surface area contributed by atoms with Crippen LogP contribution in [-0.2, 0) is 4.79 Å². The van der Waals surface area contributed by atoms with Crippen molar-refractivity contribution in [2.24, 2.45) is 5.92 Å². The molecule has 0 spiro atoms. The van der Waals surface area contributed by atoms with Crippen LogP contribution in [0.3, 0.4) is 0 Å². The van der Waals surface area contributed by atoms with E-state index >= 15 is 0 Å². The lowest BCUT2D eigenvalue weighted by Gasteiger charge is -2.15. The van der Waals surface area contributed by atoms with Gasteiger partial charge in [-0.15, -0.1) is 0 Å². The van der Waals surface area contributed by atoms with Gasteiger partial charge in [0.25, 0.3) is 0 Å². The number of carboxylic acid groups (broad SMARTS) is 1. The summed E-state index contributed by atoms with van der Waals surface area (Å²) in [5.41, 5.74) is 0. The third kappa shape index (κ3) is 3.69. The standard InChI is InChI=1S/C6H12ClNO2/c1-4(2)5(8-7)3-6(9)10/h4-5,8H,3H2,1-2H3,(H,9,10)/t5-/m0/s1. The molecule has 0 rings (SSSR count). The quantitative estimate of drug-likeness (QED) is 0.616. The predicted octanol–water partition coefficient (Wildman–Crippen LogP) is 1.23. The van der Waals surface area contributed by atoms with Crippen molar-refractivity contribution in [2.45, 2.75) is 26.3 Å². The summed E-state index contributed by atoms with van der Waals surface area (Å²) in [4.78, 5) is 12.6. The van der Waals surface area contributed by atoms with Gasteiger partial charge in [0.15, 0.2) is 0 Å². The van der Waals surface area contributed by atoms with Gasteiger partial charge in [0.05, 0.1) is 6.42 Å². The zero-order valence-electron chi connectivity index (χ0n) is 6.10. The Morgan fingerprint density at radius 2 is 2.20 bits per heavy atom. The van der Waals surface area contributed by atoms with Crippen molar-refractivity contribution in [1.29, 1.82) is 0 Å². The highest BCUT2D eigenvalue weighted by molar-refractivity contribution is 6.13. The predicted molar refractivity (Wildman–Crippen MR) is 39.9 cm³/mol. The molecule has 0 heterocycles. The molecule has 0 unspecified atom stereocenters. The summed E-state index contributed by atoms with van der Waals surface area (Å²) >= 11 is 5.29. The zero-order chi connectivity index (χ0) is 8.15. The average molecular weight is 166 g/mol. The molecule has 0 fully saturated rings. The molecule has 4 heteroatoms. The van der Waals surface area contributed by atoms with Gasteiger partial charge in [-0.2, -0.15) is 0 Å². The van der Waals surface area contributed by atoms with Crippen LogP contribution >= 0.6 is 11.8 Å². The molecule has 0 bridgehead atoms. The van der Waals surface area contributed by atoms with Gasteiger partial charge >= 0.3 is 5.97 Å². The lowest BCUT2D eigenvalue weighted by atomic mass is 10.0. The van der Waals surface area contributed by atoms with Crippen LogP contribution < -0.4 is 4.84 Å². The summed E-state index contributed by atoms with van der Waals surface area (Å²) in [7, 11) is 0. The number of rotatable bonds is 4. The van der Waals surface area contributed by atoms with Gasteiger partial charge in [-0.1, -0.05) is 13.8 Å². The Morgan fingerprint density at radius 1 is 1.70 bits per heavy atom. The number of carboxylic acids is 1. The third-order valence-electron chi connectivity index (χ3n) is 1.34. The van der Waals surface area contributed by atoms with Crippen LogP contribution in [0.5, 0.6) is 0 Å². The molecule has 0 saturated heterocycles. The zero-order valence-corrected chi connectivity index (χ0v) is 6.85. The van der Waals surface area contributed by atoms with Gasteiger partial charge in [0.1, 0.15) is 0 Å². The van der Waals surface area contributed by atoms with E-state index in [1.807, 2.05) is 13.8 Å². The maximum atomic E-state index is 10.2. The van der Waals surface area contributed by atoms with Gasteiger partial charge in [-0.05, 0) is 17.7 Å². The molecule has 0 aliphatic carbocycles. The molecule has 0 aromatic rings. The fraction of sp³-hybridized carbons (Fsp3) is 0.833. The Kier molecular flexibility index (Phi) is 4.40. The number of carbonyl (C=O) groups is 1. The highest BCUT2D eigenvalue weighted by atomic mass is 35.5. The molecule has 2 N–H and O–H groups in total. The van der Waals surface area contributed by atoms with E-state index in [1.54, 1.807) is 0 Å². The summed E-state index contributed by atoms with van der Waals surface area (Å²) in [6.07, 6.45) is 0.0706. The van der Waals surface area contributed by atoms with E-state index in [2.05, 4.69) is 4.84 Å². The van der Waals surface area contributed by atoms with Gasteiger partial charge in [-0.25, -0.2) is 4.84 Å². The molecular formula is C6H12ClNO2. The van der Waals surface area contributed by atoms with E-state index in [0.717, 1.165) is 0 Å². The minimum Gasteiger partial charge on any atom is -0.481 e. The van der Waals surface area contributed by atoms with Crippen LogP contribution in [-0.4, -0.2) is 17.1 Å². The molecule has 3 nitrogen and oxygen atoms in total. The minimum atomic E-state index is -0.827. The van der Waals surface area contributed by atoms with E-state index in [-0.39, 0.29) is 18.4 Å². The van der Waals surface area contributed by atoms with Crippen molar-refractivity contribution in [3.63, 3.8) is 0 Å². The number of aliphatic carboxylic acids is 1. The normalized spacial score (nSPS) is 13.6. The van der Waals surface area contributed by atoms with Crippen LogP contribution in [0.15, 0.2) is 0 Å². The average Bonchev–Trinajstić information content (AvgIpc) is 1.81. The smallest absolute Gasteiger partial charge is 0.304 e. The Balaban J connectivity index is 3.71. The van der Waals surface area contributed by atoms with Crippen molar-refractivity contribution in [3.8, 4) is 0 Å². The second-order valence-corrected chi connectivity index (χ2v) is 2.78. The van der Waals surface area contributed by atoms with E-state index < -0.39 is 5.97 Å². The van der Waals surface area contributed by atoms with E-state index in [9.17, 15) is 4.79 Å². The summed E-state index contributed by atoms with van der Waals surface area (Å²) in [5.74, 6) is -0.583. The number of halogens is 1. The molecule has 0 saturated carbocycles. The molecule has 0 amide bonds. The molecule has 60 valence electrons. The van der Waals surface area contributed by atoms with E-state index in [1.165, 1.54) is 0 Å². The van der Waals surface area contributed by atoms with Crippen LogP contribution in [0, 0.1) is 5.92 Å². The highest BCUT2D eigenvalue weighted by Crippen LogP contribution is 2.06. The van der Waals surface area contributed by atoms with Gasteiger partial charge in [0, 0.05) is 6.04 Å². The van der Waals surface area contributed by atoms with E-state index in [0.29, 0.717) is 0 Å². The first kappa shape index (κ1) is 9.72. The van der Waals surface area contributed by atoms with Crippen LogP contribution in [0.4, 0.5) is 0 Å². The van der Waals surface area contributed by atoms with Gasteiger partial charge in [-0.3, -0.25) is 4.79 Å². The summed E-state index contributed by atoms with van der Waals surface area (Å²) < 4.78 is 0. The molecule has 0 aromatic heterocycles. The molecule has 0 radical (unpaired) electrons. The second-order valence-electron chi connectivity index (χ2n) is 2.56. The molecule has 1 atom stereocenters. The Labute approximate surface area is 65.5 Å². The minimum absolute atomic E-state index is 0.0706. The van der Waals surface area contributed by atoms with Crippen LogP contribution in [0.25, 0.3) is 0 Å². The first-order valence-corrected chi connectivity index (χ1v) is 3.53. The Hall–Kier alpha value is -0.280. The summed E-state index contributed by atoms with van der Waals surface area (Å²) in [6, 6.07) is -0.140. The third-order valence-corrected chi connectivity index (χ3v) is 1.62. The van der Waals surface area contributed by atoms with Crippen molar-refractivity contribution in [2.75, 3.05) is 0 Å². The fourth-order valence-corrected chi connectivity index (χ4v) is 0.918. The SMILES string of the molecule is CC(C)[C@H](CC(=O)O)NCl. The number of hydrogen-bond acceptors (Lipinski definition) is 2. The second kappa shape index (κ2) is 4.52. The van der Waals surface area contributed by atoms with Crippen molar-refractivity contribution in [3.05, 3.63) is 0 Å². The monoisotopic (exact) mass is 165 g/mol. The van der Waals surface area contributed by atoms with Crippen molar-refractivity contribution in [1.82, 2.24) is 4.84 Å². The Bertz CT molecular complexity index is 116. The molecule has 0 aromatic carbocycles. The first-order valence-electron chi connectivity index (χ1n) is 3.16. The Morgan fingerprint density at radius 3 is 2.30 bits per heavy atom. The van der Waals surface area contributed by atoms with E-state index in [4.69, 9.17) is 16.9 Å². The lowest BCUT2D eigenvalue weighted by Crippen LogP contribution is -2.29. The molecule has 10 heavy (non-hydrogen) atoms. The van der Waals surface area contributed by atoms with Gasteiger partial charge < -0.3 is 5.11 Å².